The van der Waals surface area contributed by atoms with E-state index in [0.717, 1.165) is 50.3 Å². The fraction of sp³-hybridized carbons (Fsp3) is 0.650. The summed E-state index contributed by atoms with van der Waals surface area (Å²) in [5.41, 5.74) is 1.03. The van der Waals surface area contributed by atoms with Crippen molar-refractivity contribution >= 4 is 17.5 Å². The van der Waals surface area contributed by atoms with E-state index >= 15 is 0 Å². The summed E-state index contributed by atoms with van der Waals surface area (Å²) >= 11 is 6.07. The molecule has 3 heterocycles. The van der Waals surface area contributed by atoms with Gasteiger partial charge in [0.15, 0.2) is 6.10 Å². The number of rotatable bonds is 3. The van der Waals surface area contributed by atoms with Crippen LogP contribution in [0.1, 0.15) is 32.3 Å². The second kappa shape index (κ2) is 7.37. The number of likely N-dealkylation sites (tertiary alicyclic amines) is 1. The van der Waals surface area contributed by atoms with Crippen LogP contribution in [0.25, 0.3) is 0 Å². The summed E-state index contributed by atoms with van der Waals surface area (Å²) in [6, 6.07) is 5.86. The summed E-state index contributed by atoms with van der Waals surface area (Å²) in [5.74, 6) is 0.911. The second-order valence-electron chi connectivity index (χ2n) is 7.87. The first-order valence-corrected chi connectivity index (χ1v) is 10.0. The van der Waals surface area contributed by atoms with Gasteiger partial charge in [-0.05, 0) is 50.5 Å². The van der Waals surface area contributed by atoms with Gasteiger partial charge >= 0.3 is 0 Å². The Morgan fingerprint density at radius 2 is 2.04 bits per heavy atom. The maximum absolute atomic E-state index is 13.1. The van der Waals surface area contributed by atoms with Crippen molar-refractivity contribution in [3.8, 4) is 5.75 Å². The van der Waals surface area contributed by atoms with Gasteiger partial charge in [0.1, 0.15) is 5.75 Å². The molecule has 0 spiro atoms. The molecule has 142 valence electrons. The summed E-state index contributed by atoms with van der Waals surface area (Å²) < 4.78 is 11.8. The molecule has 3 aliphatic rings. The van der Waals surface area contributed by atoms with Crippen molar-refractivity contribution in [2.75, 3.05) is 26.2 Å². The van der Waals surface area contributed by atoms with Gasteiger partial charge in [0.2, 0.25) is 0 Å². The van der Waals surface area contributed by atoms with Crippen molar-refractivity contribution in [1.29, 1.82) is 0 Å². The van der Waals surface area contributed by atoms with Gasteiger partial charge in [-0.15, -0.1) is 0 Å². The molecule has 1 aromatic carbocycles. The zero-order valence-corrected chi connectivity index (χ0v) is 16.2. The van der Waals surface area contributed by atoms with Crippen LogP contribution in [-0.2, 0) is 16.0 Å². The molecule has 26 heavy (non-hydrogen) atoms. The van der Waals surface area contributed by atoms with E-state index in [4.69, 9.17) is 21.1 Å². The molecule has 0 N–H and O–H groups in total. The Balaban J connectivity index is 1.40. The Morgan fingerprint density at radius 1 is 1.27 bits per heavy atom. The van der Waals surface area contributed by atoms with E-state index in [1.807, 2.05) is 23.1 Å². The van der Waals surface area contributed by atoms with Crippen LogP contribution in [-0.4, -0.2) is 66.2 Å². The van der Waals surface area contributed by atoms with Gasteiger partial charge in [-0.1, -0.05) is 11.6 Å². The maximum atomic E-state index is 13.1. The summed E-state index contributed by atoms with van der Waals surface area (Å²) in [6.07, 6.45) is 2.84. The lowest BCUT2D eigenvalue weighted by Gasteiger charge is -2.38. The fourth-order valence-electron chi connectivity index (χ4n) is 4.59. The van der Waals surface area contributed by atoms with Crippen LogP contribution in [0.3, 0.4) is 0 Å². The lowest BCUT2D eigenvalue weighted by atomic mass is 10.1. The van der Waals surface area contributed by atoms with E-state index in [2.05, 4.69) is 18.7 Å². The molecule has 4 rings (SSSR count). The number of ether oxygens (including phenoxy) is 2. The van der Waals surface area contributed by atoms with E-state index in [1.165, 1.54) is 0 Å². The Morgan fingerprint density at radius 3 is 2.81 bits per heavy atom. The van der Waals surface area contributed by atoms with Crippen LogP contribution in [0.2, 0.25) is 5.02 Å². The topological polar surface area (TPSA) is 42.0 Å². The van der Waals surface area contributed by atoms with Crippen LogP contribution in [0, 0.1) is 0 Å². The van der Waals surface area contributed by atoms with Gasteiger partial charge in [0, 0.05) is 43.7 Å². The SMILES string of the molecule is CC1CN(CC2CCCN2C(=O)C2Cc3cc(Cl)ccc3O2)CC(C)O1. The molecule has 0 aromatic heterocycles. The molecule has 3 aliphatic heterocycles. The van der Waals surface area contributed by atoms with Crippen LogP contribution in [0.15, 0.2) is 18.2 Å². The maximum Gasteiger partial charge on any atom is 0.264 e. The van der Waals surface area contributed by atoms with Crippen molar-refractivity contribution in [3.05, 3.63) is 28.8 Å². The highest BCUT2D eigenvalue weighted by atomic mass is 35.5. The monoisotopic (exact) mass is 378 g/mol. The quantitative estimate of drug-likeness (QED) is 0.811. The average Bonchev–Trinajstić information content (AvgIpc) is 3.19. The third-order valence-corrected chi connectivity index (χ3v) is 5.83. The molecule has 6 heteroatoms. The van der Waals surface area contributed by atoms with Crippen LogP contribution < -0.4 is 4.74 Å². The Bertz CT molecular complexity index is 673. The number of morpholine rings is 1. The second-order valence-corrected chi connectivity index (χ2v) is 8.30. The van der Waals surface area contributed by atoms with E-state index < -0.39 is 6.10 Å². The molecule has 0 aliphatic carbocycles. The lowest BCUT2D eigenvalue weighted by Crippen LogP contribution is -2.52. The number of hydrogen-bond donors (Lipinski definition) is 0. The molecule has 2 fully saturated rings. The normalized spacial score (nSPS) is 31.7. The standard InChI is InChI=1S/C20H27ClN2O3/c1-13-10-22(11-14(2)25-13)12-17-4-3-7-23(17)20(24)19-9-15-8-16(21)5-6-18(15)26-19/h5-6,8,13-14,17,19H,3-4,7,9-12H2,1-2H3. The summed E-state index contributed by atoms with van der Waals surface area (Å²) in [6.45, 7) is 7.87. The number of carbonyl (C=O) groups excluding carboxylic acids is 1. The molecule has 0 saturated carbocycles. The predicted octanol–water partition coefficient (Wildman–Crippen LogP) is 2.74. The van der Waals surface area contributed by atoms with E-state index in [1.54, 1.807) is 0 Å². The van der Waals surface area contributed by atoms with Crippen molar-refractivity contribution in [2.45, 2.75) is 57.5 Å². The molecule has 0 radical (unpaired) electrons. The number of hydrogen-bond acceptors (Lipinski definition) is 4. The number of nitrogens with zero attached hydrogens (tertiary/aromatic N) is 2. The first-order chi connectivity index (χ1) is 12.5. The first-order valence-electron chi connectivity index (χ1n) is 9.63. The summed E-state index contributed by atoms with van der Waals surface area (Å²) in [5, 5.41) is 0.690. The van der Waals surface area contributed by atoms with Crippen LogP contribution >= 0.6 is 11.6 Å². The van der Waals surface area contributed by atoms with E-state index in [0.29, 0.717) is 11.4 Å². The van der Waals surface area contributed by atoms with Gasteiger partial charge in [-0.25, -0.2) is 0 Å². The molecule has 5 nitrogen and oxygen atoms in total. The molecule has 0 bridgehead atoms. The van der Waals surface area contributed by atoms with E-state index in [-0.39, 0.29) is 24.2 Å². The molecular weight excluding hydrogens is 352 g/mol. The summed E-state index contributed by atoms with van der Waals surface area (Å²) in [7, 11) is 0. The fourth-order valence-corrected chi connectivity index (χ4v) is 4.78. The number of amides is 1. The van der Waals surface area contributed by atoms with Crippen LogP contribution in [0.4, 0.5) is 0 Å². The lowest BCUT2D eigenvalue weighted by molar-refractivity contribution is -0.139. The van der Waals surface area contributed by atoms with Crippen molar-refractivity contribution in [2.24, 2.45) is 0 Å². The third-order valence-electron chi connectivity index (χ3n) is 5.60. The largest absolute Gasteiger partial charge is 0.480 e. The predicted molar refractivity (Wildman–Crippen MR) is 101 cm³/mol. The van der Waals surface area contributed by atoms with Gasteiger partial charge in [0.25, 0.3) is 5.91 Å². The van der Waals surface area contributed by atoms with Gasteiger partial charge in [-0.2, -0.15) is 0 Å². The van der Waals surface area contributed by atoms with Crippen molar-refractivity contribution < 1.29 is 14.3 Å². The van der Waals surface area contributed by atoms with Gasteiger partial charge in [-0.3, -0.25) is 9.69 Å². The van der Waals surface area contributed by atoms with Gasteiger partial charge < -0.3 is 14.4 Å². The van der Waals surface area contributed by atoms with E-state index in [9.17, 15) is 4.79 Å². The highest BCUT2D eigenvalue weighted by Crippen LogP contribution is 2.33. The molecule has 2 saturated heterocycles. The number of benzene rings is 1. The Kier molecular flexibility index (Phi) is 5.13. The Hall–Kier alpha value is -1.30. The summed E-state index contributed by atoms with van der Waals surface area (Å²) in [4.78, 5) is 17.6. The van der Waals surface area contributed by atoms with Gasteiger partial charge in [0.05, 0.1) is 12.2 Å². The first kappa shape index (κ1) is 18.1. The molecule has 1 amide bonds. The highest BCUT2D eigenvalue weighted by Gasteiger charge is 2.38. The third kappa shape index (κ3) is 3.71. The molecule has 4 atom stereocenters. The zero-order chi connectivity index (χ0) is 18.3. The van der Waals surface area contributed by atoms with Crippen LogP contribution in [0.5, 0.6) is 5.75 Å². The zero-order valence-electron chi connectivity index (χ0n) is 15.5. The number of fused-ring (bicyclic) bond motifs is 1. The number of halogens is 1. The van der Waals surface area contributed by atoms with Crippen molar-refractivity contribution in [3.63, 3.8) is 0 Å². The molecule has 1 aromatic rings. The minimum Gasteiger partial charge on any atom is -0.480 e. The molecular formula is C20H27ClN2O3. The number of carbonyl (C=O) groups is 1. The highest BCUT2D eigenvalue weighted by molar-refractivity contribution is 6.30. The smallest absolute Gasteiger partial charge is 0.264 e. The minimum atomic E-state index is -0.411. The van der Waals surface area contributed by atoms with Crippen molar-refractivity contribution in [1.82, 2.24) is 9.80 Å². The molecule has 4 unspecified atom stereocenters. The Labute approximate surface area is 160 Å². The average molecular weight is 379 g/mol. The minimum absolute atomic E-state index is 0.120.